The van der Waals surface area contributed by atoms with Crippen molar-refractivity contribution in [3.05, 3.63) is 53.8 Å². The lowest BCUT2D eigenvalue weighted by atomic mass is 10.2. The van der Waals surface area contributed by atoms with Gasteiger partial charge >= 0.3 is 0 Å². The summed E-state index contributed by atoms with van der Waals surface area (Å²) in [5.41, 5.74) is 1.22. The molecule has 0 radical (unpaired) electrons. The molecule has 2 heterocycles. The van der Waals surface area contributed by atoms with E-state index in [1.54, 1.807) is 23.1 Å². The number of carbonyl (C=O) groups is 1. The van der Waals surface area contributed by atoms with Crippen LogP contribution in [0.3, 0.4) is 0 Å². The summed E-state index contributed by atoms with van der Waals surface area (Å²) in [4.78, 5) is 21.4. The van der Waals surface area contributed by atoms with Gasteiger partial charge in [0.1, 0.15) is 5.82 Å². The number of amides is 1. The minimum absolute atomic E-state index is 0.130. The number of thiazole rings is 1. The highest BCUT2D eigenvalue weighted by molar-refractivity contribution is 7.89. The molecular formula is C20H21FN4O3S2. The molecule has 0 atom stereocenters. The summed E-state index contributed by atoms with van der Waals surface area (Å²) in [6, 6.07) is 10.6. The van der Waals surface area contributed by atoms with Crippen molar-refractivity contribution >= 4 is 42.6 Å². The second-order valence-electron chi connectivity index (χ2n) is 7.20. The molecular weight excluding hydrogens is 427 g/mol. The van der Waals surface area contributed by atoms with Gasteiger partial charge in [-0.15, -0.1) is 0 Å². The van der Waals surface area contributed by atoms with Crippen LogP contribution in [0.2, 0.25) is 0 Å². The largest absolute Gasteiger partial charge is 0.345 e. The topological polar surface area (TPSA) is 73.8 Å². The fourth-order valence-electron chi connectivity index (χ4n) is 3.29. The first-order valence-corrected chi connectivity index (χ1v) is 11.6. The smallest absolute Gasteiger partial charge is 0.253 e. The summed E-state index contributed by atoms with van der Waals surface area (Å²) in [5, 5.41) is 0.820. The molecule has 0 N–H and O–H groups in total. The van der Waals surface area contributed by atoms with Crippen LogP contribution in [0.1, 0.15) is 10.4 Å². The number of fused-ring (bicyclic) bond motifs is 1. The Bertz CT molecular complexity index is 1180. The maximum atomic E-state index is 13.4. The SMILES string of the molecule is CN(C)S(=O)(=O)c1ccc(C(=O)N2CCN(c3nc4ccc(F)cc4s3)CC2)cc1. The molecule has 7 nitrogen and oxygen atoms in total. The summed E-state index contributed by atoms with van der Waals surface area (Å²) in [5.74, 6) is -0.410. The normalized spacial score (nSPS) is 15.2. The summed E-state index contributed by atoms with van der Waals surface area (Å²) in [6.45, 7) is 2.31. The van der Waals surface area contributed by atoms with E-state index in [1.165, 1.54) is 49.7 Å². The first kappa shape index (κ1) is 20.7. The van der Waals surface area contributed by atoms with E-state index in [1.807, 2.05) is 0 Å². The molecule has 1 aliphatic rings. The van der Waals surface area contributed by atoms with Crippen LogP contribution in [-0.2, 0) is 10.0 Å². The average Bonchev–Trinajstić information content (AvgIpc) is 3.16. The van der Waals surface area contributed by atoms with Crippen molar-refractivity contribution in [1.29, 1.82) is 0 Å². The number of anilines is 1. The molecule has 4 rings (SSSR count). The molecule has 1 amide bonds. The van der Waals surface area contributed by atoms with Gasteiger partial charge in [-0.1, -0.05) is 11.3 Å². The van der Waals surface area contributed by atoms with Crippen LogP contribution >= 0.6 is 11.3 Å². The Morgan fingerprint density at radius 3 is 2.37 bits per heavy atom. The molecule has 0 aliphatic carbocycles. The van der Waals surface area contributed by atoms with E-state index in [0.29, 0.717) is 31.7 Å². The molecule has 1 fully saturated rings. The van der Waals surface area contributed by atoms with Crippen LogP contribution < -0.4 is 4.90 Å². The maximum Gasteiger partial charge on any atom is 0.253 e. The number of piperazine rings is 1. The number of carbonyl (C=O) groups excluding carboxylic acids is 1. The molecule has 2 aromatic carbocycles. The number of hydrogen-bond donors (Lipinski definition) is 0. The second kappa shape index (κ2) is 7.93. The van der Waals surface area contributed by atoms with Crippen molar-refractivity contribution in [3.63, 3.8) is 0 Å². The highest BCUT2D eigenvalue weighted by Gasteiger charge is 2.25. The molecule has 10 heteroatoms. The van der Waals surface area contributed by atoms with Gasteiger partial charge in [-0.2, -0.15) is 0 Å². The second-order valence-corrected chi connectivity index (χ2v) is 10.4. The lowest BCUT2D eigenvalue weighted by Crippen LogP contribution is -2.48. The lowest BCUT2D eigenvalue weighted by Gasteiger charge is -2.34. The molecule has 30 heavy (non-hydrogen) atoms. The van der Waals surface area contributed by atoms with E-state index in [0.717, 1.165) is 19.7 Å². The predicted octanol–water partition coefficient (Wildman–Crippen LogP) is 2.65. The molecule has 158 valence electrons. The van der Waals surface area contributed by atoms with Gasteiger partial charge in [0.05, 0.1) is 15.1 Å². The molecule has 1 aliphatic heterocycles. The third-order valence-electron chi connectivity index (χ3n) is 5.06. The number of benzene rings is 2. The summed E-state index contributed by atoms with van der Waals surface area (Å²) in [7, 11) is -0.587. The van der Waals surface area contributed by atoms with Gasteiger partial charge in [0.2, 0.25) is 10.0 Å². The maximum absolute atomic E-state index is 13.4. The first-order valence-electron chi connectivity index (χ1n) is 9.38. The van der Waals surface area contributed by atoms with E-state index < -0.39 is 10.0 Å². The van der Waals surface area contributed by atoms with Crippen LogP contribution in [0, 0.1) is 5.82 Å². The highest BCUT2D eigenvalue weighted by atomic mass is 32.2. The van der Waals surface area contributed by atoms with Crippen molar-refractivity contribution in [1.82, 2.24) is 14.2 Å². The standard InChI is InChI=1S/C20H21FN4O3S2/c1-23(2)30(27,28)16-6-3-14(4-7-16)19(26)24-9-11-25(12-10-24)20-22-17-8-5-15(21)13-18(17)29-20/h3-8,13H,9-12H2,1-2H3. The van der Waals surface area contributed by atoms with E-state index in [4.69, 9.17) is 0 Å². The predicted molar refractivity (Wildman–Crippen MR) is 115 cm³/mol. The number of sulfonamides is 1. The highest BCUT2D eigenvalue weighted by Crippen LogP contribution is 2.30. The third kappa shape index (κ3) is 3.90. The molecule has 1 aromatic heterocycles. The quantitative estimate of drug-likeness (QED) is 0.614. The van der Waals surface area contributed by atoms with Crippen LogP contribution in [-0.4, -0.2) is 68.8 Å². The fraction of sp³-hybridized carbons (Fsp3) is 0.300. The zero-order chi connectivity index (χ0) is 21.5. The molecule has 0 spiro atoms. The van der Waals surface area contributed by atoms with Gasteiger partial charge in [0, 0.05) is 45.8 Å². The minimum atomic E-state index is -3.52. The van der Waals surface area contributed by atoms with Gasteiger partial charge in [-0.25, -0.2) is 22.1 Å². The van der Waals surface area contributed by atoms with Crippen LogP contribution in [0.25, 0.3) is 10.2 Å². The number of nitrogens with zero attached hydrogens (tertiary/aromatic N) is 4. The van der Waals surface area contributed by atoms with Gasteiger partial charge in [-0.05, 0) is 42.5 Å². The Hall–Kier alpha value is -2.56. The van der Waals surface area contributed by atoms with Crippen LogP contribution in [0.4, 0.5) is 9.52 Å². The molecule has 0 unspecified atom stereocenters. The number of rotatable bonds is 4. The molecule has 0 bridgehead atoms. The lowest BCUT2D eigenvalue weighted by molar-refractivity contribution is 0.0746. The van der Waals surface area contributed by atoms with E-state index in [9.17, 15) is 17.6 Å². The Balaban J connectivity index is 1.42. The van der Waals surface area contributed by atoms with Gasteiger partial charge < -0.3 is 9.80 Å². The number of aromatic nitrogens is 1. The van der Waals surface area contributed by atoms with Gasteiger partial charge in [0.25, 0.3) is 5.91 Å². The van der Waals surface area contributed by atoms with E-state index >= 15 is 0 Å². The zero-order valence-electron chi connectivity index (χ0n) is 16.6. The van der Waals surface area contributed by atoms with Crippen molar-refractivity contribution in [2.45, 2.75) is 4.90 Å². The summed E-state index contributed by atoms with van der Waals surface area (Å²) >= 11 is 1.44. The van der Waals surface area contributed by atoms with Gasteiger partial charge in [0.15, 0.2) is 5.13 Å². The van der Waals surface area contributed by atoms with Crippen LogP contribution in [0.5, 0.6) is 0 Å². The summed E-state index contributed by atoms with van der Waals surface area (Å²) < 4.78 is 39.7. The number of halogens is 1. The Labute approximate surface area is 178 Å². The van der Waals surface area contributed by atoms with Crippen molar-refractivity contribution < 1.29 is 17.6 Å². The van der Waals surface area contributed by atoms with Gasteiger partial charge in [-0.3, -0.25) is 4.79 Å². The van der Waals surface area contributed by atoms with E-state index in [2.05, 4.69) is 9.88 Å². The van der Waals surface area contributed by atoms with Crippen molar-refractivity contribution in [3.8, 4) is 0 Å². The first-order chi connectivity index (χ1) is 14.3. The Morgan fingerprint density at radius 2 is 1.73 bits per heavy atom. The molecule has 3 aromatic rings. The zero-order valence-corrected chi connectivity index (χ0v) is 18.2. The molecule has 1 saturated heterocycles. The summed E-state index contributed by atoms with van der Waals surface area (Å²) in [6.07, 6.45) is 0. The Morgan fingerprint density at radius 1 is 1.07 bits per heavy atom. The van der Waals surface area contributed by atoms with E-state index in [-0.39, 0.29) is 16.6 Å². The minimum Gasteiger partial charge on any atom is -0.345 e. The average molecular weight is 449 g/mol. The number of hydrogen-bond acceptors (Lipinski definition) is 6. The fourth-order valence-corrected chi connectivity index (χ4v) is 5.23. The van der Waals surface area contributed by atoms with Crippen LogP contribution in [0.15, 0.2) is 47.4 Å². The van der Waals surface area contributed by atoms with Crippen molar-refractivity contribution in [2.75, 3.05) is 45.2 Å². The third-order valence-corrected chi connectivity index (χ3v) is 7.96. The van der Waals surface area contributed by atoms with Crippen molar-refractivity contribution in [2.24, 2.45) is 0 Å². The monoisotopic (exact) mass is 448 g/mol. The Kier molecular flexibility index (Phi) is 5.48. The molecule has 0 saturated carbocycles.